The molecule has 0 aliphatic carbocycles. The lowest BCUT2D eigenvalue weighted by atomic mass is 10.0. The smallest absolute Gasteiger partial charge is 0.131 e. The number of hydrogen-bond acceptors (Lipinski definition) is 2. The first-order valence-corrected chi connectivity index (χ1v) is 6.76. The molecular weight excluding hydrogens is 253 g/mol. The van der Waals surface area contributed by atoms with Gasteiger partial charge in [0.15, 0.2) is 0 Å². The summed E-state index contributed by atoms with van der Waals surface area (Å²) in [5.41, 5.74) is 3.69. The average Bonchev–Trinajstić information content (AvgIpc) is 2.46. The van der Waals surface area contributed by atoms with Gasteiger partial charge in [-0.05, 0) is 36.2 Å². The maximum Gasteiger partial charge on any atom is 0.131 e. The molecule has 106 valence electrons. The Balaban J connectivity index is 2.18. The predicted molar refractivity (Wildman–Crippen MR) is 80.2 cm³/mol. The molecule has 2 rings (SSSR count). The minimum absolute atomic E-state index is 0.178. The van der Waals surface area contributed by atoms with Gasteiger partial charge in [-0.2, -0.15) is 0 Å². The monoisotopic (exact) mass is 273 g/mol. The van der Waals surface area contributed by atoms with Gasteiger partial charge in [0.05, 0.1) is 6.61 Å². The maximum absolute atomic E-state index is 14.1. The van der Waals surface area contributed by atoms with Gasteiger partial charge >= 0.3 is 0 Å². The highest BCUT2D eigenvalue weighted by atomic mass is 19.1. The van der Waals surface area contributed by atoms with Crippen molar-refractivity contribution in [1.29, 1.82) is 0 Å². The van der Waals surface area contributed by atoms with Crippen LogP contribution in [-0.4, -0.2) is 20.8 Å². The molecule has 20 heavy (non-hydrogen) atoms. The van der Waals surface area contributed by atoms with Gasteiger partial charge in [0, 0.05) is 19.2 Å². The number of hydrogen-bond donors (Lipinski definition) is 1. The summed E-state index contributed by atoms with van der Waals surface area (Å²) in [6.07, 6.45) is 0.875. The summed E-state index contributed by atoms with van der Waals surface area (Å²) in [6, 6.07) is 13.3. The zero-order valence-electron chi connectivity index (χ0n) is 11.9. The van der Waals surface area contributed by atoms with E-state index in [0.717, 1.165) is 17.5 Å². The van der Waals surface area contributed by atoms with Gasteiger partial charge in [-0.25, -0.2) is 4.39 Å². The third kappa shape index (κ3) is 3.65. The van der Waals surface area contributed by atoms with Gasteiger partial charge in [0.1, 0.15) is 5.82 Å². The van der Waals surface area contributed by atoms with Gasteiger partial charge in [-0.15, -0.1) is 0 Å². The highest BCUT2D eigenvalue weighted by molar-refractivity contribution is 5.64. The van der Waals surface area contributed by atoms with Crippen molar-refractivity contribution >= 4 is 0 Å². The van der Waals surface area contributed by atoms with Crippen LogP contribution in [0.2, 0.25) is 0 Å². The normalized spacial score (nSPS) is 10.8. The van der Waals surface area contributed by atoms with Crippen molar-refractivity contribution in [3.63, 3.8) is 0 Å². The molecule has 0 unspecified atom stereocenters. The predicted octanol–water partition coefficient (Wildman–Crippen LogP) is 3.40. The molecule has 0 radical (unpaired) electrons. The minimum atomic E-state index is -0.178. The van der Waals surface area contributed by atoms with E-state index in [-0.39, 0.29) is 5.82 Å². The number of ether oxygens (including phenoxy) is 1. The van der Waals surface area contributed by atoms with Crippen molar-refractivity contribution < 1.29 is 9.13 Å². The molecule has 0 atom stereocenters. The fourth-order valence-corrected chi connectivity index (χ4v) is 2.18. The highest BCUT2D eigenvalue weighted by Crippen LogP contribution is 2.24. The highest BCUT2D eigenvalue weighted by Gasteiger charge is 2.06. The number of halogens is 1. The fraction of sp³-hybridized carbons (Fsp3) is 0.294. The molecule has 0 amide bonds. The van der Waals surface area contributed by atoms with E-state index in [4.69, 9.17) is 4.74 Å². The number of benzene rings is 2. The molecule has 1 N–H and O–H groups in total. The van der Waals surface area contributed by atoms with E-state index in [1.807, 2.05) is 43.4 Å². The van der Waals surface area contributed by atoms with Gasteiger partial charge in [-0.1, -0.05) is 36.4 Å². The molecule has 0 bridgehead atoms. The van der Waals surface area contributed by atoms with Crippen LogP contribution in [0.1, 0.15) is 11.1 Å². The zero-order chi connectivity index (χ0) is 14.4. The lowest BCUT2D eigenvalue weighted by Gasteiger charge is -2.07. The minimum Gasteiger partial charge on any atom is -0.384 e. The summed E-state index contributed by atoms with van der Waals surface area (Å²) in [6.45, 7) is 1.37. The Morgan fingerprint density at radius 2 is 1.75 bits per heavy atom. The van der Waals surface area contributed by atoms with E-state index >= 15 is 0 Å². The topological polar surface area (TPSA) is 21.3 Å². The van der Waals surface area contributed by atoms with Crippen LogP contribution in [-0.2, 0) is 17.7 Å². The molecule has 0 aliphatic rings. The van der Waals surface area contributed by atoms with Gasteiger partial charge in [0.2, 0.25) is 0 Å². The van der Waals surface area contributed by atoms with Crippen molar-refractivity contribution in [2.24, 2.45) is 0 Å². The third-order valence-corrected chi connectivity index (χ3v) is 3.27. The Hall–Kier alpha value is -1.71. The molecule has 0 spiro atoms. The number of rotatable bonds is 6. The standard InChI is InChI=1S/C17H20FNO/c1-19-12-14-5-8-16(17(18)11-14)15-6-3-13(4-7-15)9-10-20-2/h3-8,11,19H,9-10,12H2,1-2H3. The molecular formula is C17H20FNO. The average molecular weight is 273 g/mol. The first kappa shape index (κ1) is 14.7. The summed E-state index contributed by atoms with van der Waals surface area (Å²) in [5, 5.41) is 3.02. The van der Waals surface area contributed by atoms with Gasteiger partial charge < -0.3 is 10.1 Å². The Morgan fingerprint density at radius 1 is 1.05 bits per heavy atom. The molecule has 0 heterocycles. The summed E-state index contributed by atoms with van der Waals surface area (Å²) in [4.78, 5) is 0. The van der Waals surface area contributed by atoms with E-state index in [0.29, 0.717) is 18.7 Å². The van der Waals surface area contributed by atoms with Crippen molar-refractivity contribution in [1.82, 2.24) is 5.32 Å². The summed E-state index contributed by atoms with van der Waals surface area (Å²) in [7, 11) is 3.54. The van der Waals surface area contributed by atoms with Crippen molar-refractivity contribution in [3.8, 4) is 11.1 Å². The second kappa shape index (κ2) is 7.17. The molecule has 0 aromatic heterocycles. The van der Waals surface area contributed by atoms with E-state index in [1.54, 1.807) is 13.2 Å². The molecule has 0 fully saturated rings. The van der Waals surface area contributed by atoms with E-state index < -0.39 is 0 Å². The Labute approximate surface area is 119 Å². The number of nitrogens with one attached hydrogen (secondary N) is 1. The zero-order valence-corrected chi connectivity index (χ0v) is 11.9. The van der Waals surface area contributed by atoms with Gasteiger partial charge in [0.25, 0.3) is 0 Å². The van der Waals surface area contributed by atoms with Crippen LogP contribution >= 0.6 is 0 Å². The fourth-order valence-electron chi connectivity index (χ4n) is 2.18. The van der Waals surface area contributed by atoms with Gasteiger partial charge in [-0.3, -0.25) is 0 Å². The van der Waals surface area contributed by atoms with Crippen LogP contribution in [0.15, 0.2) is 42.5 Å². The summed E-state index contributed by atoms with van der Waals surface area (Å²) < 4.78 is 19.2. The number of methoxy groups -OCH3 is 1. The molecule has 0 aliphatic heterocycles. The van der Waals surface area contributed by atoms with Crippen molar-refractivity contribution in [2.75, 3.05) is 20.8 Å². The van der Waals surface area contributed by atoms with Crippen LogP contribution in [0.4, 0.5) is 4.39 Å². The first-order chi connectivity index (χ1) is 9.74. The Morgan fingerprint density at radius 3 is 2.35 bits per heavy atom. The van der Waals surface area contributed by atoms with E-state index in [2.05, 4.69) is 5.32 Å². The maximum atomic E-state index is 14.1. The summed E-state index contributed by atoms with van der Waals surface area (Å²) >= 11 is 0. The molecule has 2 aromatic rings. The lowest BCUT2D eigenvalue weighted by Crippen LogP contribution is -2.05. The van der Waals surface area contributed by atoms with Crippen molar-refractivity contribution in [2.45, 2.75) is 13.0 Å². The summed E-state index contributed by atoms with van der Waals surface area (Å²) in [5.74, 6) is -0.178. The van der Waals surface area contributed by atoms with Crippen LogP contribution in [0.5, 0.6) is 0 Å². The van der Waals surface area contributed by atoms with Crippen LogP contribution < -0.4 is 5.32 Å². The van der Waals surface area contributed by atoms with Crippen molar-refractivity contribution in [3.05, 3.63) is 59.4 Å². The second-order valence-corrected chi connectivity index (χ2v) is 4.78. The van der Waals surface area contributed by atoms with Crippen LogP contribution in [0, 0.1) is 5.82 Å². The lowest BCUT2D eigenvalue weighted by molar-refractivity contribution is 0.202. The molecule has 3 heteroatoms. The molecule has 2 nitrogen and oxygen atoms in total. The largest absolute Gasteiger partial charge is 0.384 e. The first-order valence-electron chi connectivity index (χ1n) is 6.76. The molecule has 0 saturated carbocycles. The van der Waals surface area contributed by atoms with Crippen LogP contribution in [0.3, 0.4) is 0 Å². The Bertz CT molecular complexity index is 551. The second-order valence-electron chi connectivity index (χ2n) is 4.78. The quantitative estimate of drug-likeness (QED) is 0.871. The Kier molecular flexibility index (Phi) is 5.27. The van der Waals surface area contributed by atoms with E-state index in [9.17, 15) is 4.39 Å². The third-order valence-electron chi connectivity index (χ3n) is 3.27. The van der Waals surface area contributed by atoms with Crippen LogP contribution in [0.25, 0.3) is 11.1 Å². The molecule has 2 aromatic carbocycles. The van der Waals surface area contributed by atoms with E-state index in [1.165, 1.54) is 5.56 Å². The SMILES string of the molecule is CNCc1ccc(-c2ccc(CCOC)cc2)c(F)c1. The molecule has 0 saturated heterocycles.